The summed E-state index contributed by atoms with van der Waals surface area (Å²) in [4.78, 5) is 25.8. The van der Waals surface area contributed by atoms with E-state index in [9.17, 15) is 9.59 Å². The summed E-state index contributed by atoms with van der Waals surface area (Å²) in [5.74, 6) is 1.32. The van der Waals surface area contributed by atoms with E-state index in [-0.39, 0.29) is 24.3 Å². The van der Waals surface area contributed by atoms with Crippen LogP contribution < -0.4 is 5.32 Å². The molecule has 1 aliphatic carbocycles. The van der Waals surface area contributed by atoms with Gasteiger partial charge < -0.3 is 14.7 Å². The molecule has 6 nitrogen and oxygen atoms in total. The van der Waals surface area contributed by atoms with Crippen molar-refractivity contribution in [2.75, 3.05) is 18.4 Å². The number of nitrogens with one attached hydrogen (secondary N) is 1. The number of aryl methyl sites for hydroxylation is 1. The zero-order chi connectivity index (χ0) is 14.7. The highest BCUT2D eigenvalue weighted by atomic mass is 16.5. The van der Waals surface area contributed by atoms with Gasteiger partial charge in [0.2, 0.25) is 11.8 Å². The lowest BCUT2D eigenvalue weighted by Gasteiger charge is -2.23. The van der Waals surface area contributed by atoms with Gasteiger partial charge in [-0.05, 0) is 25.7 Å². The van der Waals surface area contributed by atoms with Crippen molar-refractivity contribution in [2.45, 2.75) is 33.6 Å². The minimum Gasteiger partial charge on any atom is -0.360 e. The lowest BCUT2D eigenvalue weighted by Crippen LogP contribution is -2.41. The highest BCUT2D eigenvalue weighted by Gasteiger charge is 2.34. The lowest BCUT2D eigenvalue weighted by atomic mass is 10.2. The van der Waals surface area contributed by atoms with E-state index >= 15 is 0 Å². The molecular formula is C14H21N3O3. The molecule has 0 unspecified atom stereocenters. The van der Waals surface area contributed by atoms with E-state index in [2.05, 4.69) is 10.5 Å². The van der Waals surface area contributed by atoms with Crippen LogP contribution in [0.4, 0.5) is 5.82 Å². The van der Waals surface area contributed by atoms with Crippen molar-refractivity contribution in [3.8, 4) is 0 Å². The number of aromatic nitrogens is 1. The Morgan fingerprint density at radius 2 is 2.20 bits per heavy atom. The molecule has 1 heterocycles. The molecule has 6 heteroatoms. The summed E-state index contributed by atoms with van der Waals surface area (Å²) in [6.45, 7) is 6.49. The summed E-state index contributed by atoms with van der Waals surface area (Å²) < 4.78 is 4.89. The number of anilines is 1. The fourth-order valence-electron chi connectivity index (χ4n) is 2.04. The predicted molar refractivity (Wildman–Crippen MR) is 74.0 cm³/mol. The Labute approximate surface area is 118 Å². The highest BCUT2D eigenvalue weighted by molar-refractivity contribution is 5.94. The molecule has 0 saturated heterocycles. The SMILES string of the molecule is Cc1cc(NC(=O)CN(CC(C)C)C(=O)C2CC2)no1. The first-order chi connectivity index (χ1) is 9.45. The summed E-state index contributed by atoms with van der Waals surface area (Å²) in [6.07, 6.45) is 1.88. The van der Waals surface area contributed by atoms with E-state index in [1.54, 1.807) is 17.9 Å². The van der Waals surface area contributed by atoms with E-state index in [1.165, 1.54) is 0 Å². The standard InChI is InChI=1S/C14H21N3O3/c1-9(2)7-17(14(19)11-4-5-11)8-13(18)15-12-6-10(3)20-16-12/h6,9,11H,4-5,7-8H2,1-3H3,(H,15,16,18). The summed E-state index contributed by atoms with van der Waals surface area (Å²) in [6, 6.07) is 1.65. The third-order valence-corrected chi connectivity index (χ3v) is 3.05. The number of carbonyl (C=O) groups excluding carboxylic acids is 2. The van der Waals surface area contributed by atoms with Crippen molar-refractivity contribution < 1.29 is 14.1 Å². The average molecular weight is 279 g/mol. The van der Waals surface area contributed by atoms with Gasteiger partial charge in [-0.25, -0.2) is 0 Å². The zero-order valence-corrected chi connectivity index (χ0v) is 12.2. The second-order valence-corrected chi connectivity index (χ2v) is 5.76. The molecule has 0 bridgehead atoms. The van der Waals surface area contributed by atoms with Crippen molar-refractivity contribution in [1.29, 1.82) is 0 Å². The van der Waals surface area contributed by atoms with Gasteiger partial charge in [-0.3, -0.25) is 9.59 Å². The first kappa shape index (κ1) is 14.6. The highest BCUT2D eigenvalue weighted by Crippen LogP contribution is 2.31. The second-order valence-electron chi connectivity index (χ2n) is 5.76. The number of carbonyl (C=O) groups is 2. The van der Waals surface area contributed by atoms with Gasteiger partial charge >= 0.3 is 0 Å². The fraction of sp³-hybridized carbons (Fsp3) is 0.643. The Balaban J connectivity index is 1.92. The van der Waals surface area contributed by atoms with E-state index in [4.69, 9.17) is 4.52 Å². The topological polar surface area (TPSA) is 75.4 Å². The van der Waals surface area contributed by atoms with Crippen molar-refractivity contribution in [2.24, 2.45) is 11.8 Å². The molecule has 0 radical (unpaired) electrons. The van der Waals surface area contributed by atoms with E-state index in [0.717, 1.165) is 12.8 Å². The van der Waals surface area contributed by atoms with Crippen LogP contribution in [0, 0.1) is 18.8 Å². The van der Waals surface area contributed by atoms with E-state index in [1.807, 2.05) is 13.8 Å². The van der Waals surface area contributed by atoms with Gasteiger partial charge in [-0.15, -0.1) is 0 Å². The largest absolute Gasteiger partial charge is 0.360 e. The number of nitrogens with zero attached hydrogens (tertiary/aromatic N) is 2. The molecule has 20 heavy (non-hydrogen) atoms. The normalized spacial score (nSPS) is 14.4. The molecule has 1 N–H and O–H groups in total. The van der Waals surface area contributed by atoms with Crippen LogP contribution in [0.25, 0.3) is 0 Å². The number of rotatable bonds is 6. The number of hydrogen-bond acceptors (Lipinski definition) is 4. The first-order valence-corrected chi connectivity index (χ1v) is 6.97. The van der Waals surface area contributed by atoms with Crippen LogP contribution in [-0.2, 0) is 9.59 Å². The van der Waals surface area contributed by atoms with Crippen LogP contribution in [-0.4, -0.2) is 35.0 Å². The summed E-state index contributed by atoms with van der Waals surface area (Å²) in [7, 11) is 0. The fourth-order valence-corrected chi connectivity index (χ4v) is 2.04. The Kier molecular flexibility index (Phi) is 4.42. The minimum atomic E-state index is -0.243. The Bertz CT molecular complexity index is 492. The third kappa shape index (κ3) is 4.08. The molecule has 0 aliphatic heterocycles. The van der Waals surface area contributed by atoms with Gasteiger partial charge in [0.1, 0.15) is 5.76 Å². The monoisotopic (exact) mass is 279 g/mol. The average Bonchev–Trinajstić information content (AvgIpc) is 3.12. The van der Waals surface area contributed by atoms with E-state index < -0.39 is 0 Å². The third-order valence-electron chi connectivity index (χ3n) is 3.05. The minimum absolute atomic E-state index is 0.0689. The molecule has 1 saturated carbocycles. The van der Waals surface area contributed by atoms with Crippen LogP contribution in [0.15, 0.2) is 10.6 Å². The van der Waals surface area contributed by atoms with Crippen LogP contribution in [0.3, 0.4) is 0 Å². The molecule has 1 aromatic rings. The Morgan fingerprint density at radius 3 is 2.70 bits per heavy atom. The van der Waals surface area contributed by atoms with Crippen LogP contribution in [0.1, 0.15) is 32.4 Å². The zero-order valence-electron chi connectivity index (χ0n) is 12.2. The molecule has 110 valence electrons. The van der Waals surface area contributed by atoms with Crippen molar-refractivity contribution in [3.63, 3.8) is 0 Å². The smallest absolute Gasteiger partial charge is 0.245 e. The van der Waals surface area contributed by atoms with Crippen molar-refractivity contribution in [1.82, 2.24) is 10.1 Å². The van der Waals surface area contributed by atoms with Crippen molar-refractivity contribution >= 4 is 17.6 Å². The van der Waals surface area contributed by atoms with E-state index in [0.29, 0.717) is 24.0 Å². The van der Waals surface area contributed by atoms with Gasteiger partial charge in [0.05, 0.1) is 6.54 Å². The van der Waals surface area contributed by atoms with Gasteiger partial charge in [-0.2, -0.15) is 0 Å². The summed E-state index contributed by atoms with van der Waals surface area (Å²) in [5.41, 5.74) is 0. The number of amides is 2. The maximum Gasteiger partial charge on any atom is 0.245 e. The summed E-state index contributed by atoms with van der Waals surface area (Å²) >= 11 is 0. The second kappa shape index (κ2) is 6.07. The van der Waals surface area contributed by atoms with Crippen LogP contribution >= 0.6 is 0 Å². The van der Waals surface area contributed by atoms with Crippen molar-refractivity contribution in [3.05, 3.63) is 11.8 Å². The predicted octanol–water partition coefficient (Wildman–Crippen LogP) is 1.82. The Hall–Kier alpha value is -1.85. The summed E-state index contributed by atoms with van der Waals surface area (Å²) in [5, 5.41) is 6.35. The van der Waals surface area contributed by atoms with Gasteiger partial charge in [0.15, 0.2) is 5.82 Å². The molecule has 1 aromatic heterocycles. The van der Waals surface area contributed by atoms with Crippen LogP contribution in [0.2, 0.25) is 0 Å². The molecular weight excluding hydrogens is 258 g/mol. The Morgan fingerprint density at radius 1 is 1.50 bits per heavy atom. The van der Waals surface area contributed by atoms with Gasteiger partial charge in [0, 0.05) is 18.5 Å². The maximum atomic E-state index is 12.1. The first-order valence-electron chi connectivity index (χ1n) is 6.97. The number of hydrogen-bond donors (Lipinski definition) is 1. The van der Waals surface area contributed by atoms with Gasteiger partial charge in [-0.1, -0.05) is 19.0 Å². The molecule has 0 atom stereocenters. The molecule has 0 spiro atoms. The van der Waals surface area contributed by atoms with Crippen LogP contribution in [0.5, 0.6) is 0 Å². The van der Waals surface area contributed by atoms with Gasteiger partial charge in [0.25, 0.3) is 0 Å². The quantitative estimate of drug-likeness (QED) is 0.861. The molecule has 1 aliphatic rings. The molecule has 0 aromatic carbocycles. The maximum absolute atomic E-state index is 12.1. The lowest BCUT2D eigenvalue weighted by molar-refractivity contribution is -0.136. The molecule has 2 amide bonds. The molecule has 1 fully saturated rings. The molecule has 2 rings (SSSR count).